The number of ether oxygens (including phenoxy) is 1. The number of fused-ring (bicyclic) bond motifs is 1. The standard InChI is InChI=1S/C22H22FNO5/c1-12(21(27)28)29-20-17-10-15(26)8-9-16(17)18(13-4-6-14(23)7-5-13)19(24-20)22(2,3)11-25/h4-10,12,25-26H,11H2,1-3H3,(H,27,28). The van der Waals surface area contributed by atoms with Gasteiger partial charge >= 0.3 is 5.97 Å². The number of phenols is 1. The molecule has 0 aliphatic heterocycles. The molecular formula is C22H22FNO5. The molecule has 7 heteroatoms. The summed E-state index contributed by atoms with van der Waals surface area (Å²) in [6.07, 6.45) is -1.17. The Labute approximate surface area is 167 Å². The van der Waals surface area contributed by atoms with Crippen LogP contribution in [0.25, 0.3) is 21.9 Å². The normalized spacial score (nSPS) is 12.7. The number of aromatic nitrogens is 1. The van der Waals surface area contributed by atoms with Gasteiger partial charge in [0.05, 0.1) is 12.3 Å². The van der Waals surface area contributed by atoms with Gasteiger partial charge in [-0.1, -0.05) is 26.0 Å². The number of carboxylic acids is 1. The van der Waals surface area contributed by atoms with Gasteiger partial charge in [0.2, 0.25) is 5.88 Å². The molecule has 0 saturated carbocycles. The lowest BCUT2D eigenvalue weighted by molar-refractivity contribution is -0.144. The Hall–Kier alpha value is -3.19. The molecule has 1 unspecified atom stereocenters. The van der Waals surface area contributed by atoms with E-state index in [1.54, 1.807) is 32.0 Å². The first kappa shape index (κ1) is 20.5. The fraction of sp³-hybridized carbons (Fsp3) is 0.273. The highest BCUT2D eigenvalue weighted by Crippen LogP contribution is 2.41. The van der Waals surface area contributed by atoms with Gasteiger partial charge in [-0.3, -0.25) is 0 Å². The van der Waals surface area contributed by atoms with Crippen molar-refractivity contribution in [1.82, 2.24) is 4.98 Å². The number of hydrogen-bond donors (Lipinski definition) is 3. The Morgan fingerprint density at radius 3 is 2.41 bits per heavy atom. The highest BCUT2D eigenvalue weighted by molar-refractivity contribution is 6.01. The number of phenolic OH excluding ortho intramolecular Hbond substituents is 1. The highest BCUT2D eigenvalue weighted by atomic mass is 19.1. The van der Waals surface area contributed by atoms with Crippen molar-refractivity contribution in [3.8, 4) is 22.8 Å². The number of aromatic hydroxyl groups is 1. The van der Waals surface area contributed by atoms with Crippen LogP contribution in [0.5, 0.6) is 11.6 Å². The van der Waals surface area contributed by atoms with Crippen LogP contribution in [0.1, 0.15) is 26.5 Å². The fourth-order valence-corrected chi connectivity index (χ4v) is 3.05. The summed E-state index contributed by atoms with van der Waals surface area (Å²) < 4.78 is 19.1. The minimum absolute atomic E-state index is 0.0354. The second-order valence-corrected chi connectivity index (χ2v) is 7.52. The molecule has 1 atom stereocenters. The minimum atomic E-state index is -1.17. The molecule has 3 aromatic rings. The minimum Gasteiger partial charge on any atom is -0.508 e. The average Bonchev–Trinajstić information content (AvgIpc) is 2.68. The summed E-state index contributed by atoms with van der Waals surface area (Å²) in [7, 11) is 0. The molecule has 152 valence electrons. The maximum absolute atomic E-state index is 13.5. The number of benzene rings is 2. The molecule has 0 aliphatic carbocycles. The van der Waals surface area contributed by atoms with E-state index in [0.717, 1.165) is 0 Å². The maximum atomic E-state index is 13.5. The number of rotatable bonds is 6. The lowest BCUT2D eigenvalue weighted by atomic mass is 9.83. The molecule has 3 rings (SSSR count). The molecule has 0 bridgehead atoms. The van der Waals surface area contributed by atoms with Gasteiger partial charge in [0.1, 0.15) is 11.6 Å². The van der Waals surface area contributed by atoms with E-state index in [1.165, 1.54) is 31.2 Å². The number of aliphatic hydroxyl groups is 1. The molecule has 0 saturated heterocycles. The summed E-state index contributed by atoms with van der Waals surface area (Å²) >= 11 is 0. The third-order valence-corrected chi connectivity index (χ3v) is 4.76. The van der Waals surface area contributed by atoms with Gasteiger partial charge in [-0.2, -0.15) is 0 Å². The number of carbonyl (C=O) groups is 1. The Morgan fingerprint density at radius 1 is 1.17 bits per heavy atom. The van der Waals surface area contributed by atoms with Crippen molar-refractivity contribution in [2.45, 2.75) is 32.3 Å². The van der Waals surface area contributed by atoms with E-state index in [9.17, 15) is 24.5 Å². The van der Waals surface area contributed by atoms with Crippen LogP contribution in [-0.4, -0.2) is 39.0 Å². The predicted octanol–water partition coefficient (Wildman–Crippen LogP) is 3.87. The van der Waals surface area contributed by atoms with Gasteiger partial charge in [0.25, 0.3) is 0 Å². The molecule has 0 radical (unpaired) electrons. The van der Waals surface area contributed by atoms with E-state index in [1.807, 2.05) is 0 Å². The van der Waals surface area contributed by atoms with Crippen LogP contribution in [0.4, 0.5) is 4.39 Å². The van der Waals surface area contributed by atoms with Crippen LogP contribution in [0, 0.1) is 5.82 Å². The van der Waals surface area contributed by atoms with E-state index in [0.29, 0.717) is 27.6 Å². The first-order chi connectivity index (χ1) is 13.6. The average molecular weight is 399 g/mol. The van der Waals surface area contributed by atoms with Crippen LogP contribution in [-0.2, 0) is 10.2 Å². The SMILES string of the molecule is CC(Oc1nc(C(C)(C)CO)c(-c2ccc(F)cc2)c2ccc(O)cc12)C(=O)O. The van der Waals surface area contributed by atoms with Crippen molar-refractivity contribution < 1.29 is 29.2 Å². The van der Waals surface area contributed by atoms with Gasteiger partial charge in [0, 0.05) is 16.4 Å². The highest BCUT2D eigenvalue weighted by Gasteiger charge is 2.29. The van der Waals surface area contributed by atoms with Crippen LogP contribution in [0.15, 0.2) is 42.5 Å². The lowest BCUT2D eigenvalue weighted by Crippen LogP contribution is -2.27. The molecule has 0 amide bonds. The van der Waals surface area contributed by atoms with Crippen LogP contribution < -0.4 is 4.74 Å². The molecule has 2 aromatic carbocycles. The van der Waals surface area contributed by atoms with Gasteiger partial charge in [0.15, 0.2) is 6.10 Å². The third-order valence-electron chi connectivity index (χ3n) is 4.76. The zero-order valence-corrected chi connectivity index (χ0v) is 16.3. The maximum Gasteiger partial charge on any atom is 0.344 e. The second kappa shape index (κ2) is 7.67. The number of aliphatic hydroxyl groups excluding tert-OH is 1. The fourth-order valence-electron chi connectivity index (χ4n) is 3.05. The summed E-state index contributed by atoms with van der Waals surface area (Å²) in [4.78, 5) is 15.8. The van der Waals surface area contributed by atoms with E-state index in [4.69, 9.17) is 4.74 Å². The quantitative estimate of drug-likeness (QED) is 0.582. The lowest BCUT2D eigenvalue weighted by Gasteiger charge is -2.27. The van der Waals surface area contributed by atoms with Crippen molar-refractivity contribution in [2.75, 3.05) is 6.61 Å². The van der Waals surface area contributed by atoms with Crippen molar-refractivity contribution in [3.63, 3.8) is 0 Å². The molecule has 6 nitrogen and oxygen atoms in total. The summed E-state index contributed by atoms with van der Waals surface area (Å²) in [5.41, 5.74) is 0.983. The summed E-state index contributed by atoms with van der Waals surface area (Å²) in [6.45, 7) is 4.73. The van der Waals surface area contributed by atoms with E-state index in [2.05, 4.69) is 4.98 Å². The Balaban J connectivity index is 2.40. The molecule has 29 heavy (non-hydrogen) atoms. The molecule has 1 aromatic heterocycles. The number of pyridine rings is 1. The first-order valence-corrected chi connectivity index (χ1v) is 9.07. The van der Waals surface area contributed by atoms with Crippen LogP contribution >= 0.6 is 0 Å². The van der Waals surface area contributed by atoms with E-state index in [-0.39, 0.29) is 24.1 Å². The molecule has 0 aliphatic rings. The number of carboxylic acid groups (broad SMARTS) is 1. The largest absolute Gasteiger partial charge is 0.508 e. The van der Waals surface area contributed by atoms with E-state index < -0.39 is 17.5 Å². The van der Waals surface area contributed by atoms with Crippen LogP contribution in [0.2, 0.25) is 0 Å². The Morgan fingerprint density at radius 2 is 1.83 bits per heavy atom. The summed E-state index contributed by atoms with van der Waals surface area (Å²) in [5.74, 6) is -1.55. The molecule has 1 heterocycles. The second-order valence-electron chi connectivity index (χ2n) is 7.52. The Kier molecular flexibility index (Phi) is 5.44. The number of nitrogens with zero attached hydrogens (tertiary/aromatic N) is 1. The van der Waals surface area contributed by atoms with Gasteiger partial charge in [-0.25, -0.2) is 14.2 Å². The van der Waals surface area contributed by atoms with Gasteiger partial charge < -0.3 is 20.1 Å². The molecule has 0 spiro atoms. The third kappa shape index (κ3) is 4.00. The molecular weight excluding hydrogens is 377 g/mol. The van der Waals surface area contributed by atoms with Crippen molar-refractivity contribution in [3.05, 3.63) is 54.0 Å². The predicted molar refractivity (Wildman–Crippen MR) is 107 cm³/mol. The van der Waals surface area contributed by atoms with Gasteiger partial charge in [-0.05, 0) is 48.2 Å². The zero-order chi connectivity index (χ0) is 21.3. The van der Waals surface area contributed by atoms with Crippen molar-refractivity contribution >= 4 is 16.7 Å². The molecule has 0 fully saturated rings. The zero-order valence-electron chi connectivity index (χ0n) is 16.3. The van der Waals surface area contributed by atoms with E-state index >= 15 is 0 Å². The topological polar surface area (TPSA) is 99.9 Å². The summed E-state index contributed by atoms with van der Waals surface area (Å²) in [5, 5.41) is 30.2. The van der Waals surface area contributed by atoms with Gasteiger partial charge in [-0.15, -0.1) is 0 Å². The van der Waals surface area contributed by atoms with Crippen molar-refractivity contribution in [1.29, 1.82) is 0 Å². The first-order valence-electron chi connectivity index (χ1n) is 9.07. The number of aliphatic carboxylic acids is 1. The summed E-state index contributed by atoms with van der Waals surface area (Å²) in [6, 6.07) is 10.5. The number of hydrogen-bond acceptors (Lipinski definition) is 5. The molecule has 3 N–H and O–H groups in total. The monoisotopic (exact) mass is 399 g/mol. The number of halogens is 1. The smallest absolute Gasteiger partial charge is 0.344 e. The van der Waals surface area contributed by atoms with Crippen molar-refractivity contribution in [2.24, 2.45) is 0 Å². The van der Waals surface area contributed by atoms with Crippen LogP contribution in [0.3, 0.4) is 0 Å². The Bertz CT molecular complexity index is 1060.